The van der Waals surface area contributed by atoms with Gasteiger partial charge < -0.3 is 10.0 Å². The van der Waals surface area contributed by atoms with E-state index in [4.69, 9.17) is 5.11 Å². The SMILES string of the molecule is CC(C)Sc1ccc(N(C)CCCC(=O)O)cc1. The number of carboxylic acid groups (broad SMARTS) is 1. The van der Waals surface area contributed by atoms with Crippen LogP contribution in [0.3, 0.4) is 0 Å². The lowest BCUT2D eigenvalue weighted by molar-refractivity contribution is -0.137. The lowest BCUT2D eigenvalue weighted by Gasteiger charge is -2.19. The van der Waals surface area contributed by atoms with Crippen molar-refractivity contribution in [2.75, 3.05) is 18.5 Å². The average Bonchev–Trinajstić information content (AvgIpc) is 2.28. The Hall–Kier alpha value is -1.16. The van der Waals surface area contributed by atoms with E-state index in [9.17, 15) is 4.79 Å². The predicted molar refractivity (Wildman–Crippen MR) is 77.6 cm³/mol. The third-order valence-corrected chi connectivity index (χ3v) is 3.55. The maximum atomic E-state index is 10.4. The molecule has 4 heteroatoms. The molecule has 18 heavy (non-hydrogen) atoms. The van der Waals surface area contributed by atoms with Gasteiger partial charge in [0.1, 0.15) is 0 Å². The molecule has 1 aromatic carbocycles. The maximum absolute atomic E-state index is 10.4. The summed E-state index contributed by atoms with van der Waals surface area (Å²) >= 11 is 1.84. The van der Waals surface area contributed by atoms with Crippen LogP contribution < -0.4 is 4.90 Å². The summed E-state index contributed by atoms with van der Waals surface area (Å²) in [5.41, 5.74) is 1.13. The Labute approximate surface area is 113 Å². The first-order chi connectivity index (χ1) is 8.49. The van der Waals surface area contributed by atoms with E-state index in [-0.39, 0.29) is 6.42 Å². The lowest BCUT2D eigenvalue weighted by Crippen LogP contribution is -2.19. The Morgan fingerprint density at radius 2 is 1.94 bits per heavy atom. The average molecular weight is 267 g/mol. The zero-order chi connectivity index (χ0) is 13.5. The summed E-state index contributed by atoms with van der Waals surface area (Å²) in [6, 6.07) is 8.42. The molecule has 0 amide bonds. The van der Waals surface area contributed by atoms with Gasteiger partial charge in [-0.05, 0) is 30.7 Å². The van der Waals surface area contributed by atoms with E-state index in [1.54, 1.807) is 0 Å². The predicted octanol–water partition coefficient (Wildman–Crippen LogP) is 3.49. The standard InChI is InChI=1S/C14H21NO2S/c1-11(2)18-13-8-6-12(7-9-13)15(3)10-4-5-14(16)17/h6-9,11H,4-5,10H2,1-3H3,(H,16,17). The van der Waals surface area contributed by atoms with Gasteiger partial charge in [-0.15, -0.1) is 11.8 Å². The fourth-order valence-electron chi connectivity index (χ4n) is 1.65. The molecular weight excluding hydrogens is 246 g/mol. The topological polar surface area (TPSA) is 40.5 Å². The second kappa shape index (κ2) is 7.31. The van der Waals surface area contributed by atoms with Gasteiger partial charge in [-0.2, -0.15) is 0 Å². The molecule has 0 bridgehead atoms. The first-order valence-electron chi connectivity index (χ1n) is 6.18. The van der Waals surface area contributed by atoms with Gasteiger partial charge in [0, 0.05) is 35.8 Å². The molecule has 0 fully saturated rings. The zero-order valence-corrected chi connectivity index (χ0v) is 12.0. The van der Waals surface area contributed by atoms with Gasteiger partial charge in [-0.1, -0.05) is 13.8 Å². The normalized spacial score (nSPS) is 10.7. The molecule has 1 N–H and O–H groups in total. The van der Waals surface area contributed by atoms with Gasteiger partial charge >= 0.3 is 5.97 Å². The molecule has 0 aliphatic carbocycles. The number of hydrogen-bond acceptors (Lipinski definition) is 3. The molecule has 0 saturated heterocycles. The number of thioether (sulfide) groups is 1. The summed E-state index contributed by atoms with van der Waals surface area (Å²) in [7, 11) is 1.99. The molecule has 0 radical (unpaired) electrons. The Morgan fingerprint density at radius 3 is 2.44 bits per heavy atom. The van der Waals surface area contributed by atoms with Crippen LogP contribution in [0.2, 0.25) is 0 Å². The second-order valence-corrected chi connectivity index (χ2v) is 6.23. The minimum atomic E-state index is -0.730. The van der Waals surface area contributed by atoms with Crippen molar-refractivity contribution < 1.29 is 9.90 Å². The summed E-state index contributed by atoms with van der Waals surface area (Å²) in [4.78, 5) is 13.8. The highest BCUT2D eigenvalue weighted by atomic mass is 32.2. The molecule has 1 rings (SSSR count). The molecular formula is C14H21NO2S. The van der Waals surface area contributed by atoms with Crippen LogP contribution in [0.4, 0.5) is 5.69 Å². The maximum Gasteiger partial charge on any atom is 0.303 e. The third kappa shape index (κ3) is 5.45. The molecule has 1 aromatic rings. The molecule has 0 atom stereocenters. The van der Waals surface area contributed by atoms with Crippen LogP contribution >= 0.6 is 11.8 Å². The van der Waals surface area contributed by atoms with Gasteiger partial charge in [0.15, 0.2) is 0 Å². The first-order valence-corrected chi connectivity index (χ1v) is 7.06. The number of hydrogen-bond donors (Lipinski definition) is 1. The van der Waals surface area contributed by atoms with Crippen LogP contribution in [-0.4, -0.2) is 29.9 Å². The number of benzene rings is 1. The monoisotopic (exact) mass is 267 g/mol. The number of nitrogens with zero attached hydrogens (tertiary/aromatic N) is 1. The largest absolute Gasteiger partial charge is 0.481 e. The van der Waals surface area contributed by atoms with Gasteiger partial charge in [0.25, 0.3) is 0 Å². The van der Waals surface area contributed by atoms with Crippen LogP contribution in [0, 0.1) is 0 Å². The van der Waals surface area contributed by atoms with E-state index >= 15 is 0 Å². The van der Waals surface area contributed by atoms with E-state index in [0.717, 1.165) is 12.2 Å². The minimum absolute atomic E-state index is 0.228. The van der Waals surface area contributed by atoms with Gasteiger partial charge in [0.05, 0.1) is 0 Å². The van der Waals surface area contributed by atoms with Gasteiger partial charge in [0.2, 0.25) is 0 Å². The van der Waals surface area contributed by atoms with Crippen molar-refractivity contribution in [3.8, 4) is 0 Å². The Kier molecular flexibility index (Phi) is 6.05. The molecule has 100 valence electrons. The fraction of sp³-hybridized carbons (Fsp3) is 0.500. The Morgan fingerprint density at radius 1 is 1.33 bits per heavy atom. The van der Waals surface area contributed by atoms with Crippen LogP contribution in [0.15, 0.2) is 29.2 Å². The molecule has 3 nitrogen and oxygen atoms in total. The molecule has 0 saturated carbocycles. The van der Waals surface area contributed by atoms with Crippen molar-refractivity contribution in [3.63, 3.8) is 0 Å². The van der Waals surface area contributed by atoms with Crippen LogP contribution in [0.25, 0.3) is 0 Å². The van der Waals surface area contributed by atoms with Crippen molar-refractivity contribution in [1.82, 2.24) is 0 Å². The summed E-state index contributed by atoms with van der Waals surface area (Å²) in [6.45, 7) is 5.12. The molecule has 0 aliphatic heterocycles. The van der Waals surface area contributed by atoms with Crippen molar-refractivity contribution in [1.29, 1.82) is 0 Å². The number of carbonyl (C=O) groups is 1. The van der Waals surface area contributed by atoms with Crippen molar-refractivity contribution in [2.24, 2.45) is 0 Å². The van der Waals surface area contributed by atoms with E-state index in [1.165, 1.54) is 4.90 Å². The second-order valence-electron chi connectivity index (χ2n) is 4.58. The molecule has 0 spiro atoms. The zero-order valence-electron chi connectivity index (χ0n) is 11.2. The fourth-order valence-corrected chi connectivity index (χ4v) is 2.49. The lowest BCUT2D eigenvalue weighted by atomic mass is 10.2. The highest BCUT2D eigenvalue weighted by Gasteiger charge is 2.04. The summed E-state index contributed by atoms with van der Waals surface area (Å²) in [6.07, 6.45) is 0.903. The summed E-state index contributed by atoms with van der Waals surface area (Å²) < 4.78 is 0. The van der Waals surface area contributed by atoms with Crippen molar-refractivity contribution >= 4 is 23.4 Å². The van der Waals surface area contributed by atoms with Crippen LogP contribution in [0.5, 0.6) is 0 Å². The molecule has 0 heterocycles. The minimum Gasteiger partial charge on any atom is -0.481 e. The number of anilines is 1. The van der Waals surface area contributed by atoms with E-state index in [0.29, 0.717) is 11.7 Å². The van der Waals surface area contributed by atoms with E-state index < -0.39 is 5.97 Å². The smallest absolute Gasteiger partial charge is 0.303 e. The quantitative estimate of drug-likeness (QED) is 0.768. The van der Waals surface area contributed by atoms with Crippen molar-refractivity contribution in [2.45, 2.75) is 36.8 Å². The van der Waals surface area contributed by atoms with Gasteiger partial charge in [-0.25, -0.2) is 0 Å². The summed E-state index contributed by atoms with van der Waals surface area (Å²) in [5.74, 6) is -0.730. The molecule has 0 aliphatic rings. The van der Waals surface area contributed by atoms with Crippen molar-refractivity contribution in [3.05, 3.63) is 24.3 Å². The first kappa shape index (κ1) is 14.9. The third-order valence-electron chi connectivity index (χ3n) is 2.53. The Bertz CT molecular complexity index is 376. The van der Waals surface area contributed by atoms with Crippen LogP contribution in [-0.2, 0) is 4.79 Å². The van der Waals surface area contributed by atoms with E-state index in [2.05, 4.69) is 43.0 Å². The Balaban J connectivity index is 2.48. The van der Waals surface area contributed by atoms with Gasteiger partial charge in [-0.3, -0.25) is 4.79 Å². The highest BCUT2D eigenvalue weighted by Crippen LogP contribution is 2.25. The number of aliphatic carboxylic acids is 1. The number of rotatable bonds is 7. The van der Waals surface area contributed by atoms with Crippen LogP contribution in [0.1, 0.15) is 26.7 Å². The molecule has 0 unspecified atom stereocenters. The molecule has 0 aromatic heterocycles. The number of carboxylic acids is 1. The van der Waals surface area contributed by atoms with E-state index in [1.807, 2.05) is 18.8 Å². The summed E-state index contributed by atoms with van der Waals surface area (Å²) in [5, 5.41) is 9.18. The highest BCUT2D eigenvalue weighted by molar-refractivity contribution is 7.99.